The topological polar surface area (TPSA) is 175 Å². The fraction of sp³-hybridized carbons (Fsp3) is 0.318. The average molecular weight is 544 g/mol. The summed E-state index contributed by atoms with van der Waals surface area (Å²) in [5, 5.41) is 20.8. The van der Waals surface area contributed by atoms with E-state index in [0.717, 1.165) is 35.8 Å². The number of β-lactam (4-membered cyclic amide) rings is 1. The third kappa shape index (κ3) is 4.74. The minimum Gasteiger partial charge on any atom is -0.477 e. The lowest BCUT2D eigenvalue weighted by molar-refractivity contribution is -0.689. The number of carboxylic acids is 1. The normalized spacial score (nSPS) is 21.1. The second-order valence-corrected chi connectivity index (χ2v) is 10.2. The number of amidine groups is 1. The number of nitrogens with zero attached hydrogens (tertiary/aromatic N) is 5. The molecule has 0 aliphatic carbocycles. The van der Waals surface area contributed by atoms with Crippen LogP contribution in [0.5, 0.6) is 0 Å². The highest BCUT2D eigenvalue weighted by atomic mass is 32.2. The van der Waals surface area contributed by atoms with Crippen molar-refractivity contribution < 1.29 is 28.9 Å². The van der Waals surface area contributed by atoms with Crippen molar-refractivity contribution in [2.45, 2.75) is 18.0 Å². The zero-order valence-corrected chi connectivity index (χ0v) is 21.2. The second-order valence-electron chi connectivity index (χ2n) is 8.23. The van der Waals surface area contributed by atoms with Gasteiger partial charge in [-0.3, -0.25) is 19.5 Å². The fourth-order valence-corrected chi connectivity index (χ4v) is 6.12. The van der Waals surface area contributed by atoms with Crippen molar-refractivity contribution in [2.24, 2.45) is 10.1 Å². The van der Waals surface area contributed by atoms with E-state index in [-0.39, 0.29) is 22.2 Å². The predicted molar refractivity (Wildman–Crippen MR) is 136 cm³/mol. The molecule has 0 spiro atoms. The molecule has 37 heavy (non-hydrogen) atoms. The monoisotopic (exact) mass is 543 g/mol. The number of nitrogen functional groups attached to an aromatic ring is 1. The van der Waals surface area contributed by atoms with Crippen LogP contribution in [0.15, 0.2) is 51.3 Å². The van der Waals surface area contributed by atoms with Crippen LogP contribution >= 0.6 is 23.1 Å². The summed E-state index contributed by atoms with van der Waals surface area (Å²) in [7, 11) is 1.28. The Morgan fingerprint density at radius 1 is 1.41 bits per heavy atom. The summed E-state index contributed by atoms with van der Waals surface area (Å²) in [6.07, 6.45) is 3.70. The molecule has 2 aromatic heterocycles. The van der Waals surface area contributed by atoms with Crippen LogP contribution in [0.25, 0.3) is 0 Å². The molecule has 3 aliphatic rings. The first kappa shape index (κ1) is 24.7. The maximum atomic E-state index is 13.0. The van der Waals surface area contributed by atoms with Gasteiger partial charge in [-0.1, -0.05) is 5.16 Å². The molecular weight excluding hydrogens is 520 g/mol. The Morgan fingerprint density at radius 2 is 2.19 bits per heavy atom. The van der Waals surface area contributed by atoms with E-state index in [1.54, 1.807) is 5.38 Å². The largest absolute Gasteiger partial charge is 0.477 e. The van der Waals surface area contributed by atoms with E-state index in [0.29, 0.717) is 17.9 Å². The minimum atomic E-state index is -1.19. The van der Waals surface area contributed by atoms with Crippen LogP contribution in [-0.2, 0) is 25.8 Å². The van der Waals surface area contributed by atoms with Gasteiger partial charge in [-0.15, -0.1) is 23.1 Å². The fourth-order valence-electron chi connectivity index (χ4n) is 4.24. The molecule has 2 amide bonds. The van der Waals surface area contributed by atoms with E-state index in [2.05, 4.69) is 25.8 Å². The summed E-state index contributed by atoms with van der Waals surface area (Å²) < 4.78 is 1.86. The van der Waals surface area contributed by atoms with Crippen molar-refractivity contribution in [3.63, 3.8) is 0 Å². The van der Waals surface area contributed by atoms with E-state index in [9.17, 15) is 19.5 Å². The number of anilines is 1. The summed E-state index contributed by atoms with van der Waals surface area (Å²) in [5.74, 6) is -1.16. The molecule has 0 unspecified atom stereocenters. The number of nitrogens with one attached hydrogen (secondary N) is 2. The van der Waals surface area contributed by atoms with Crippen molar-refractivity contribution in [3.8, 4) is 0 Å². The molecule has 192 valence electrons. The summed E-state index contributed by atoms with van der Waals surface area (Å²) >= 11 is 2.52. The Bertz CT molecular complexity index is 1350. The number of aliphatic carboxylic acids is 1. The number of oxime groups is 1. The van der Waals surface area contributed by atoms with E-state index < -0.39 is 29.2 Å². The van der Waals surface area contributed by atoms with Gasteiger partial charge in [0.1, 0.15) is 35.8 Å². The Morgan fingerprint density at radius 3 is 2.81 bits per heavy atom. The number of hydrogen-bond donors (Lipinski definition) is 4. The molecule has 13 nitrogen and oxygen atoms in total. The van der Waals surface area contributed by atoms with Crippen LogP contribution in [-0.4, -0.2) is 81.7 Å². The molecule has 0 bridgehead atoms. The molecule has 3 aliphatic heterocycles. The van der Waals surface area contributed by atoms with Crippen molar-refractivity contribution in [1.82, 2.24) is 20.5 Å². The number of carbonyl (C=O) groups excluding carboxylic acids is 2. The summed E-state index contributed by atoms with van der Waals surface area (Å²) in [6, 6.07) is 2.90. The van der Waals surface area contributed by atoms with E-state index in [1.165, 1.54) is 23.8 Å². The molecule has 5 heterocycles. The first-order chi connectivity index (χ1) is 17.9. The minimum absolute atomic E-state index is 0.0595. The molecule has 0 aromatic carbocycles. The maximum absolute atomic E-state index is 13.0. The van der Waals surface area contributed by atoms with Gasteiger partial charge in [0.05, 0.1) is 6.54 Å². The number of aliphatic imine (C=N–C) groups is 1. The molecule has 5 rings (SSSR count). The average Bonchev–Trinajstić information content (AvgIpc) is 3.58. The number of amides is 2. The Balaban J connectivity index is 1.31. The van der Waals surface area contributed by atoms with Crippen LogP contribution < -0.4 is 20.9 Å². The van der Waals surface area contributed by atoms with E-state index >= 15 is 0 Å². The van der Waals surface area contributed by atoms with Gasteiger partial charge in [-0.2, -0.15) is 0 Å². The van der Waals surface area contributed by atoms with Gasteiger partial charge in [0.25, 0.3) is 11.8 Å². The first-order valence-electron chi connectivity index (χ1n) is 11.2. The molecule has 15 heteroatoms. The number of carbonyl (C=O) groups is 3. The zero-order valence-electron chi connectivity index (χ0n) is 19.6. The molecule has 2 aromatic rings. The number of rotatable bonds is 8. The van der Waals surface area contributed by atoms with Crippen LogP contribution in [0.4, 0.5) is 5.13 Å². The van der Waals surface area contributed by atoms with Gasteiger partial charge < -0.3 is 26.3 Å². The van der Waals surface area contributed by atoms with Crippen LogP contribution in [0.1, 0.15) is 11.3 Å². The van der Waals surface area contributed by atoms with Crippen LogP contribution in [0.3, 0.4) is 0 Å². The van der Waals surface area contributed by atoms with Crippen molar-refractivity contribution in [1.29, 1.82) is 0 Å². The number of carboxylic acid groups (broad SMARTS) is 1. The van der Waals surface area contributed by atoms with E-state index in [1.807, 2.05) is 29.1 Å². The van der Waals surface area contributed by atoms with Crippen molar-refractivity contribution in [2.75, 3.05) is 31.7 Å². The molecule has 0 radical (unpaired) electrons. The number of pyridine rings is 1. The highest BCUT2D eigenvalue weighted by Crippen LogP contribution is 2.40. The number of hydrogen-bond acceptors (Lipinski definition) is 11. The van der Waals surface area contributed by atoms with Gasteiger partial charge >= 0.3 is 5.97 Å². The van der Waals surface area contributed by atoms with Crippen LogP contribution in [0, 0.1) is 0 Å². The van der Waals surface area contributed by atoms with Gasteiger partial charge in [0.15, 0.2) is 29.8 Å². The SMILES string of the molecule is CON=C(C(=O)N[C@@H]1C(=O)N2C(C(=O)O)=C(C[n+]3ccc(C4=NCCN4)cc3)CS[C@@H]12)c1csc(N)n1. The number of thiazole rings is 1. The van der Waals surface area contributed by atoms with Gasteiger partial charge in [0.2, 0.25) is 0 Å². The number of aromatic nitrogens is 2. The van der Waals surface area contributed by atoms with E-state index in [4.69, 9.17) is 10.6 Å². The van der Waals surface area contributed by atoms with Gasteiger partial charge in [-0.25, -0.2) is 14.3 Å². The van der Waals surface area contributed by atoms with Crippen molar-refractivity contribution in [3.05, 3.63) is 52.4 Å². The Labute approximate surface area is 219 Å². The Hall–Kier alpha value is -3.98. The maximum Gasteiger partial charge on any atom is 0.352 e. The second kappa shape index (κ2) is 10.2. The van der Waals surface area contributed by atoms with Crippen molar-refractivity contribution >= 4 is 57.6 Å². The lowest BCUT2D eigenvalue weighted by Crippen LogP contribution is -2.71. The smallest absolute Gasteiger partial charge is 0.352 e. The quantitative estimate of drug-likeness (QED) is 0.143. The molecule has 0 saturated carbocycles. The van der Waals surface area contributed by atoms with Crippen LogP contribution in [0.2, 0.25) is 0 Å². The summed E-state index contributed by atoms with van der Waals surface area (Å²) in [5.41, 5.74) is 7.23. The predicted octanol–water partition coefficient (Wildman–Crippen LogP) is -0.848. The highest BCUT2D eigenvalue weighted by molar-refractivity contribution is 8.00. The highest BCUT2D eigenvalue weighted by Gasteiger charge is 2.54. The van der Waals surface area contributed by atoms with Gasteiger partial charge in [0, 0.05) is 40.9 Å². The molecule has 1 saturated heterocycles. The first-order valence-corrected chi connectivity index (χ1v) is 13.1. The summed E-state index contributed by atoms with van der Waals surface area (Å²) in [6.45, 7) is 1.85. The number of thioether (sulfide) groups is 1. The lowest BCUT2D eigenvalue weighted by atomic mass is 10.0. The third-order valence-electron chi connectivity index (χ3n) is 5.91. The molecular formula is C22H23N8O5S2+. The Kier molecular flexibility index (Phi) is 6.80. The lowest BCUT2D eigenvalue weighted by Gasteiger charge is -2.49. The van der Waals surface area contributed by atoms with Gasteiger partial charge in [-0.05, 0) is 0 Å². The standard InChI is InChI=1S/C22H22N8O5S2/c1-35-28-14(13-10-37-22(23)26-13)18(31)27-15-19(32)30-16(21(33)34)12(9-36-20(15)30)8-29-6-2-11(3-7-29)17-24-4-5-25-17/h2-3,6-7,10,15,20H,4-5,8-9H2,1H3,(H4-,23,24,25,26,27,31,33,34)/p+1/t15-,20+/m1/s1. The zero-order chi connectivity index (χ0) is 26.1. The molecule has 1 fully saturated rings. The molecule has 2 atom stereocenters. The summed E-state index contributed by atoms with van der Waals surface area (Å²) in [4.78, 5) is 52.5. The third-order valence-corrected chi connectivity index (χ3v) is 7.92. The number of nitrogens with two attached hydrogens (primary N) is 1. The number of fused-ring (bicyclic) bond motifs is 1. The molecule has 5 N–H and O–H groups in total.